The summed E-state index contributed by atoms with van der Waals surface area (Å²) >= 11 is 0. The molecule has 2 aromatic rings. The number of nitrogens with zero attached hydrogens (tertiary/aromatic N) is 2. The molecule has 1 aromatic heterocycles. The lowest BCUT2D eigenvalue weighted by Crippen LogP contribution is -2.27. The smallest absolute Gasteiger partial charge is 0.254 e. The first-order valence-corrected chi connectivity index (χ1v) is 8.05. The predicted molar refractivity (Wildman–Crippen MR) is 95.9 cm³/mol. The number of anilines is 4. The van der Waals surface area contributed by atoms with Crippen molar-refractivity contribution in [3.8, 4) is 0 Å². The Morgan fingerprint density at radius 1 is 1.17 bits per heavy atom. The average molecular weight is 326 g/mol. The van der Waals surface area contributed by atoms with E-state index < -0.39 is 0 Å². The van der Waals surface area contributed by atoms with Crippen LogP contribution in [0.4, 0.5) is 22.9 Å². The maximum Gasteiger partial charge on any atom is 0.254 e. The Kier molecular flexibility index (Phi) is 4.96. The van der Waals surface area contributed by atoms with Gasteiger partial charge in [-0.25, -0.2) is 4.98 Å². The first-order valence-electron chi connectivity index (χ1n) is 8.05. The highest BCUT2D eigenvalue weighted by atomic mass is 16.5. The second kappa shape index (κ2) is 7.31. The fourth-order valence-corrected chi connectivity index (χ4v) is 2.54. The molecule has 1 amide bonds. The number of aromatic nitrogens is 1. The Balaban J connectivity index is 1.58. The number of hydrogen-bond acceptors (Lipinski definition) is 5. The number of amides is 1. The Morgan fingerprint density at radius 3 is 2.50 bits per heavy atom. The number of hydrogen-bond donors (Lipinski definition) is 2. The van der Waals surface area contributed by atoms with Gasteiger partial charge in [-0.3, -0.25) is 4.79 Å². The zero-order valence-corrected chi connectivity index (χ0v) is 14.0. The zero-order chi connectivity index (χ0) is 16.9. The third kappa shape index (κ3) is 4.02. The third-order valence-electron chi connectivity index (χ3n) is 3.91. The van der Waals surface area contributed by atoms with Gasteiger partial charge in [0.1, 0.15) is 11.9 Å². The van der Waals surface area contributed by atoms with Crippen molar-refractivity contribution in [1.29, 1.82) is 0 Å². The van der Waals surface area contributed by atoms with Crippen LogP contribution in [0, 0.1) is 0 Å². The van der Waals surface area contributed by atoms with Crippen molar-refractivity contribution in [3.05, 3.63) is 42.6 Å². The summed E-state index contributed by atoms with van der Waals surface area (Å²) in [6, 6.07) is 11.8. The maximum atomic E-state index is 12.0. The first kappa shape index (κ1) is 16.3. The van der Waals surface area contributed by atoms with Crippen molar-refractivity contribution in [3.63, 3.8) is 0 Å². The van der Waals surface area contributed by atoms with Crippen molar-refractivity contribution >= 4 is 28.8 Å². The molecule has 2 N–H and O–H groups in total. The fraction of sp³-hybridized carbons (Fsp3) is 0.333. The minimum Gasteiger partial charge on any atom is -0.378 e. The number of ether oxygens (including phenoxy) is 1. The van der Waals surface area contributed by atoms with Crippen LogP contribution in [0.5, 0.6) is 0 Å². The number of carbonyl (C=O) groups is 1. The molecule has 126 valence electrons. The predicted octanol–water partition coefficient (Wildman–Crippen LogP) is 3.01. The molecule has 1 atom stereocenters. The molecule has 1 unspecified atom stereocenters. The minimum atomic E-state index is -0.347. The number of carbonyl (C=O) groups excluding carboxylic acids is 1. The van der Waals surface area contributed by atoms with Gasteiger partial charge in [0.2, 0.25) is 0 Å². The standard InChI is InChI=1S/C18H22N4O2/c1-22(2)15-8-5-13(6-9-15)20-14-7-10-17(19-12-14)21-18(23)16-4-3-11-24-16/h5-10,12,16,20H,3-4,11H2,1-2H3,(H,19,21,23). The van der Waals surface area contributed by atoms with Crippen LogP contribution in [-0.4, -0.2) is 37.7 Å². The van der Waals surface area contributed by atoms with Crippen molar-refractivity contribution in [2.75, 3.05) is 36.2 Å². The van der Waals surface area contributed by atoms with Crippen LogP contribution >= 0.6 is 0 Å². The molecule has 3 rings (SSSR count). The van der Waals surface area contributed by atoms with Gasteiger partial charge in [-0.05, 0) is 49.2 Å². The molecule has 6 nitrogen and oxygen atoms in total. The zero-order valence-electron chi connectivity index (χ0n) is 14.0. The van der Waals surface area contributed by atoms with Gasteiger partial charge in [-0.15, -0.1) is 0 Å². The molecule has 1 aromatic carbocycles. The summed E-state index contributed by atoms with van der Waals surface area (Å²) in [5.74, 6) is 0.406. The number of benzene rings is 1. The molecule has 6 heteroatoms. The summed E-state index contributed by atoms with van der Waals surface area (Å²) in [5, 5.41) is 6.07. The topological polar surface area (TPSA) is 66.5 Å². The highest BCUT2D eigenvalue weighted by Gasteiger charge is 2.23. The van der Waals surface area contributed by atoms with Gasteiger partial charge in [0.15, 0.2) is 0 Å². The highest BCUT2D eigenvalue weighted by Crippen LogP contribution is 2.21. The van der Waals surface area contributed by atoms with Crippen LogP contribution in [0.25, 0.3) is 0 Å². The molecule has 0 radical (unpaired) electrons. The van der Waals surface area contributed by atoms with Crippen LogP contribution in [0.1, 0.15) is 12.8 Å². The molecule has 0 aliphatic carbocycles. The van der Waals surface area contributed by atoms with Crippen LogP contribution in [0.2, 0.25) is 0 Å². The molecular weight excluding hydrogens is 304 g/mol. The molecule has 24 heavy (non-hydrogen) atoms. The minimum absolute atomic E-state index is 0.125. The second-order valence-corrected chi connectivity index (χ2v) is 5.99. The molecule has 0 bridgehead atoms. The molecule has 1 saturated heterocycles. The quantitative estimate of drug-likeness (QED) is 0.884. The van der Waals surface area contributed by atoms with Crippen LogP contribution < -0.4 is 15.5 Å². The molecule has 0 spiro atoms. The van der Waals surface area contributed by atoms with Crippen molar-refractivity contribution in [2.45, 2.75) is 18.9 Å². The summed E-state index contributed by atoms with van der Waals surface area (Å²) in [6.07, 6.45) is 3.06. The number of nitrogens with one attached hydrogen (secondary N) is 2. The summed E-state index contributed by atoms with van der Waals surface area (Å²) in [6.45, 7) is 0.654. The van der Waals surface area contributed by atoms with E-state index in [9.17, 15) is 4.79 Å². The van der Waals surface area contributed by atoms with Crippen molar-refractivity contribution < 1.29 is 9.53 Å². The van der Waals surface area contributed by atoms with Gasteiger partial charge < -0.3 is 20.3 Å². The van der Waals surface area contributed by atoms with E-state index >= 15 is 0 Å². The molecule has 1 aliphatic rings. The van der Waals surface area contributed by atoms with Gasteiger partial charge in [0.05, 0.1) is 11.9 Å². The average Bonchev–Trinajstić information content (AvgIpc) is 3.12. The van der Waals surface area contributed by atoms with E-state index in [0.29, 0.717) is 12.4 Å². The molecule has 1 fully saturated rings. The Bertz CT molecular complexity index is 677. The summed E-state index contributed by atoms with van der Waals surface area (Å²) in [5.41, 5.74) is 2.99. The van der Waals surface area contributed by atoms with Crippen LogP contribution in [0.3, 0.4) is 0 Å². The van der Waals surface area contributed by atoms with Crippen molar-refractivity contribution in [2.24, 2.45) is 0 Å². The van der Waals surface area contributed by atoms with Gasteiger partial charge in [-0.2, -0.15) is 0 Å². The number of pyridine rings is 1. The Labute approximate surface area is 141 Å². The van der Waals surface area contributed by atoms with E-state index in [4.69, 9.17) is 4.74 Å². The molecule has 0 saturated carbocycles. The normalized spacial score (nSPS) is 16.7. The molecule has 1 aliphatic heterocycles. The van der Waals surface area contributed by atoms with E-state index in [1.807, 2.05) is 44.4 Å². The summed E-state index contributed by atoms with van der Waals surface area (Å²) in [4.78, 5) is 18.3. The molecule has 2 heterocycles. The van der Waals surface area contributed by atoms with E-state index in [1.165, 1.54) is 0 Å². The Morgan fingerprint density at radius 2 is 1.92 bits per heavy atom. The van der Waals surface area contributed by atoms with Crippen LogP contribution in [0.15, 0.2) is 42.6 Å². The van der Waals surface area contributed by atoms with E-state index in [2.05, 4.69) is 20.5 Å². The van der Waals surface area contributed by atoms with Gasteiger partial charge >= 0.3 is 0 Å². The third-order valence-corrected chi connectivity index (χ3v) is 3.91. The lowest BCUT2D eigenvalue weighted by atomic mass is 10.2. The summed E-state index contributed by atoms with van der Waals surface area (Å²) < 4.78 is 5.36. The number of rotatable bonds is 5. The van der Waals surface area contributed by atoms with Gasteiger partial charge in [-0.1, -0.05) is 0 Å². The summed E-state index contributed by atoms with van der Waals surface area (Å²) in [7, 11) is 4.02. The first-order chi connectivity index (χ1) is 11.6. The lowest BCUT2D eigenvalue weighted by molar-refractivity contribution is -0.124. The Hall–Kier alpha value is -2.60. The van der Waals surface area contributed by atoms with E-state index in [0.717, 1.165) is 29.9 Å². The van der Waals surface area contributed by atoms with Crippen LogP contribution in [-0.2, 0) is 9.53 Å². The highest BCUT2D eigenvalue weighted by molar-refractivity contribution is 5.93. The SMILES string of the molecule is CN(C)c1ccc(Nc2ccc(NC(=O)C3CCCO3)nc2)cc1. The molecular formula is C18H22N4O2. The van der Waals surface area contributed by atoms with Gasteiger partial charge in [0.25, 0.3) is 5.91 Å². The van der Waals surface area contributed by atoms with E-state index in [1.54, 1.807) is 12.3 Å². The fourth-order valence-electron chi connectivity index (χ4n) is 2.54. The van der Waals surface area contributed by atoms with Gasteiger partial charge in [0, 0.05) is 32.1 Å². The monoisotopic (exact) mass is 326 g/mol. The van der Waals surface area contributed by atoms with Crippen molar-refractivity contribution in [1.82, 2.24) is 4.98 Å². The maximum absolute atomic E-state index is 12.0. The lowest BCUT2D eigenvalue weighted by Gasteiger charge is -2.13. The van der Waals surface area contributed by atoms with E-state index in [-0.39, 0.29) is 12.0 Å². The largest absolute Gasteiger partial charge is 0.378 e. The second-order valence-electron chi connectivity index (χ2n) is 5.99.